The molecule has 0 radical (unpaired) electrons. The largest absolute Gasteiger partial charge is 0.508 e. The summed E-state index contributed by atoms with van der Waals surface area (Å²) in [5, 5.41) is 13.1. The summed E-state index contributed by atoms with van der Waals surface area (Å²) in [5.74, 6) is 0.358. The van der Waals surface area contributed by atoms with E-state index in [-0.39, 0.29) is 0 Å². The van der Waals surface area contributed by atoms with Crippen molar-refractivity contribution in [3.63, 3.8) is 0 Å². The number of nitrogens with zero attached hydrogens (tertiary/aromatic N) is 1. The van der Waals surface area contributed by atoms with Gasteiger partial charge >= 0.3 is 0 Å². The Bertz CT molecular complexity index is 603. The van der Waals surface area contributed by atoms with Gasteiger partial charge in [0.2, 0.25) is 0 Å². The normalized spacial score (nSPS) is 15.7. The van der Waals surface area contributed by atoms with Crippen LogP contribution in [0.2, 0.25) is 0 Å². The molecule has 122 valence electrons. The molecular formula is C20H26N2O. The van der Waals surface area contributed by atoms with Gasteiger partial charge in [0.05, 0.1) is 0 Å². The molecule has 0 aromatic heterocycles. The average Bonchev–Trinajstić information content (AvgIpc) is 2.59. The highest BCUT2D eigenvalue weighted by molar-refractivity contribution is 5.31. The number of phenols is 1. The van der Waals surface area contributed by atoms with Crippen LogP contribution in [-0.4, -0.2) is 23.1 Å². The van der Waals surface area contributed by atoms with Crippen LogP contribution < -0.4 is 5.32 Å². The van der Waals surface area contributed by atoms with Crippen LogP contribution in [0.25, 0.3) is 0 Å². The average molecular weight is 310 g/mol. The molecule has 23 heavy (non-hydrogen) atoms. The van der Waals surface area contributed by atoms with E-state index >= 15 is 0 Å². The summed E-state index contributed by atoms with van der Waals surface area (Å²) in [6, 6.07) is 16.4. The Balaban J connectivity index is 1.46. The third-order valence-electron chi connectivity index (χ3n) is 4.51. The number of aromatic hydroxyl groups is 1. The lowest BCUT2D eigenvalue weighted by Gasteiger charge is -2.26. The van der Waals surface area contributed by atoms with Crippen LogP contribution in [0.4, 0.5) is 0 Å². The fourth-order valence-electron chi connectivity index (χ4n) is 3.14. The third kappa shape index (κ3) is 4.81. The molecule has 0 atom stereocenters. The van der Waals surface area contributed by atoms with E-state index in [1.165, 1.54) is 43.5 Å². The minimum atomic E-state index is 0.358. The van der Waals surface area contributed by atoms with Gasteiger partial charge in [0.25, 0.3) is 0 Å². The summed E-state index contributed by atoms with van der Waals surface area (Å²) < 4.78 is 0. The predicted octanol–water partition coefficient (Wildman–Crippen LogP) is 3.67. The highest BCUT2D eigenvalue weighted by Crippen LogP contribution is 2.16. The van der Waals surface area contributed by atoms with Crippen LogP contribution in [0.1, 0.15) is 36.0 Å². The Morgan fingerprint density at radius 3 is 2.26 bits per heavy atom. The molecule has 3 rings (SSSR count). The number of piperidine rings is 1. The highest BCUT2D eigenvalue weighted by atomic mass is 16.3. The summed E-state index contributed by atoms with van der Waals surface area (Å²) in [6.45, 7) is 5.06. The number of hydrogen-bond donors (Lipinski definition) is 2. The first-order valence-electron chi connectivity index (χ1n) is 8.59. The van der Waals surface area contributed by atoms with E-state index in [1.807, 2.05) is 18.2 Å². The lowest BCUT2D eigenvalue weighted by molar-refractivity contribution is 0.221. The maximum absolute atomic E-state index is 9.76. The second-order valence-corrected chi connectivity index (χ2v) is 6.39. The SMILES string of the molecule is Oc1ccccc1CNCc1ccc(CN2CCCCC2)cc1. The Kier molecular flexibility index (Phi) is 5.67. The zero-order valence-electron chi connectivity index (χ0n) is 13.7. The third-order valence-corrected chi connectivity index (χ3v) is 4.51. The molecule has 0 saturated carbocycles. The van der Waals surface area contributed by atoms with Crippen molar-refractivity contribution in [2.75, 3.05) is 13.1 Å². The van der Waals surface area contributed by atoms with E-state index in [0.717, 1.165) is 18.7 Å². The number of para-hydroxylation sites is 1. The lowest BCUT2D eigenvalue weighted by Crippen LogP contribution is -2.29. The van der Waals surface area contributed by atoms with E-state index in [4.69, 9.17) is 0 Å². The molecule has 3 heteroatoms. The quantitative estimate of drug-likeness (QED) is 0.854. The predicted molar refractivity (Wildman–Crippen MR) is 94.2 cm³/mol. The Morgan fingerprint density at radius 1 is 0.826 bits per heavy atom. The topological polar surface area (TPSA) is 35.5 Å². The maximum atomic E-state index is 9.76. The van der Waals surface area contributed by atoms with Crippen LogP contribution in [-0.2, 0) is 19.6 Å². The second kappa shape index (κ2) is 8.14. The van der Waals surface area contributed by atoms with Crippen molar-refractivity contribution in [2.24, 2.45) is 0 Å². The molecule has 1 aliphatic heterocycles. The van der Waals surface area contributed by atoms with Gasteiger partial charge in [-0.05, 0) is 43.1 Å². The van der Waals surface area contributed by atoms with Crippen LogP contribution >= 0.6 is 0 Å². The van der Waals surface area contributed by atoms with Crippen molar-refractivity contribution in [2.45, 2.75) is 38.9 Å². The van der Waals surface area contributed by atoms with Gasteiger partial charge in [0, 0.05) is 25.2 Å². The number of rotatable bonds is 6. The number of benzene rings is 2. The summed E-state index contributed by atoms with van der Waals surface area (Å²) in [5.41, 5.74) is 3.62. The van der Waals surface area contributed by atoms with E-state index in [0.29, 0.717) is 12.3 Å². The van der Waals surface area contributed by atoms with Gasteiger partial charge in [-0.2, -0.15) is 0 Å². The zero-order chi connectivity index (χ0) is 15.9. The molecule has 2 N–H and O–H groups in total. The van der Waals surface area contributed by atoms with Gasteiger partial charge in [-0.1, -0.05) is 48.9 Å². The first-order chi connectivity index (χ1) is 11.3. The van der Waals surface area contributed by atoms with Crippen molar-refractivity contribution in [1.82, 2.24) is 10.2 Å². The van der Waals surface area contributed by atoms with Crippen LogP contribution in [0, 0.1) is 0 Å². The summed E-state index contributed by atoms with van der Waals surface area (Å²) >= 11 is 0. The first kappa shape index (κ1) is 16.0. The van der Waals surface area contributed by atoms with Crippen molar-refractivity contribution in [3.05, 3.63) is 65.2 Å². The summed E-state index contributed by atoms with van der Waals surface area (Å²) in [7, 11) is 0. The molecule has 2 aromatic rings. The molecule has 1 saturated heterocycles. The van der Waals surface area contributed by atoms with Gasteiger partial charge in [-0.3, -0.25) is 4.90 Å². The minimum Gasteiger partial charge on any atom is -0.508 e. The van der Waals surface area contributed by atoms with Crippen LogP contribution in [0.15, 0.2) is 48.5 Å². The smallest absolute Gasteiger partial charge is 0.120 e. The van der Waals surface area contributed by atoms with Gasteiger partial charge in [0.1, 0.15) is 5.75 Å². The van der Waals surface area contributed by atoms with E-state index in [2.05, 4.69) is 34.5 Å². The van der Waals surface area contributed by atoms with Gasteiger partial charge in [-0.15, -0.1) is 0 Å². The van der Waals surface area contributed by atoms with Gasteiger partial charge in [0.15, 0.2) is 0 Å². The van der Waals surface area contributed by atoms with Crippen LogP contribution in [0.5, 0.6) is 5.75 Å². The number of phenolic OH excluding ortho intramolecular Hbond substituents is 1. The van der Waals surface area contributed by atoms with Crippen LogP contribution in [0.3, 0.4) is 0 Å². The molecule has 0 unspecified atom stereocenters. The molecule has 1 fully saturated rings. The van der Waals surface area contributed by atoms with Crippen molar-refractivity contribution >= 4 is 0 Å². The molecule has 0 bridgehead atoms. The highest BCUT2D eigenvalue weighted by Gasteiger charge is 2.10. The second-order valence-electron chi connectivity index (χ2n) is 6.39. The van der Waals surface area contributed by atoms with E-state index < -0.39 is 0 Å². The Hall–Kier alpha value is -1.84. The number of likely N-dealkylation sites (tertiary alicyclic amines) is 1. The zero-order valence-corrected chi connectivity index (χ0v) is 13.7. The Labute approximate surface area is 139 Å². The lowest BCUT2D eigenvalue weighted by atomic mass is 10.1. The fraction of sp³-hybridized carbons (Fsp3) is 0.400. The van der Waals surface area contributed by atoms with Gasteiger partial charge in [-0.25, -0.2) is 0 Å². The molecule has 1 heterocycles. The molecule has 3 nitrogen and oxygen atoms in total. The van der Waals surface area contributed by atoms with Crippen molar-refractivity contribution in [1.29, 1.82) is 0 Å². The van der Waals surface area contributed by atoms with E-state index in [1.54, 1.807) is 6.07 Å². The maximum Gasteiger partial charge on any atom is 0.120 e. The fourth-order valence-corrected chi connectivity index (χ4v) is 3.14. The Morgan fingerprint density at radius 2 is 1.52 bits per heavy atom. The molecule has 0 amide bonds. The molecule has 0 spiro atoms. The monoisotopic (exact) mass is 310 g/mol. The number of nitrogens with one attached hydrogen (secondary N) is 1. The van der Waals surface area contributed by atoms with E-state index in [9.17, 15) is 5.11 Å². The summed E-state index contributed by atoms with van der Waals surface area (Å²) in [6.07, 6.45) is 4.07. The molecule has 2 aromatic carbocycles. The number of hydrogen-bond acceptors (Lipinski definition) is 3. The van der Waals surface area contributed by atoms with Crippen molar-refractivity contribution < 1.29 is 5.11 Å². The van der Waals surface area contributed by atoms with Gasteiger partial charge < -0.3 is 10.4 Å². The standard InChI is InChI=1S/C20H26N2O/c23-20-7-3-2-6-19(20)15-21-14-17-8-10-18(11-9-17)16-22-12-4-1-5-13-22/h2-3,6-11,21,23H,1,4-5,12-16H2. The first-order valence-corrected chi connectivity index (χ1v) is 8.59. The molecule has 0 aliphatic carbocycles. The minimum absolute atomic E-state index is 0.358. The molecule has 1 aliphatic rings. The van der Waals surface area contributed by atoms with Crippen molar-refractivity contribution in [3.8, 4) is 5.75 Å². The summed E-state index contributed by atoms with van der Waals surface area (Å²) in [4.78, 5) is 2.55. The molecular weight excluding hydrogens is 284 g/mol.